The van der Waals surface area contributed by atoms with Crippen molar-refractivity contribution in [2.24, 2.45) is 29.5 Å². The number of likely N-dealkylation sites (N-methyl/N-ethyl adjacent to an activating group) is 1. The molecular weight excluding hydrogens is 610 g/mol. The second kappa shape index (κ2) is 17.7. The summed E-state index contributed by atoms with van der Waals surface area (Å²) in [5.41, 5.74) is -1.29. The molecule has 2 fully saturated rings. The highest BCUT2D eigenvalue weighted by atomic mass is 16.7. The maximum Gasteiger partial charge on any atom is 0.424 e. The number of hydrogen-bond donors (Lipinski definition) is 2. The van der Waals surface area contributed by atoms with Crippen molar-refractivity contribution in [2.45, 2.75) is 129 Å². The molecule has 0 aliphatic carbocycles. The third kappa shape index (κ3) is 9.96. The van der Waals surface area contributed by atoms with E-state index in [1.54, 1.807) is 41.5 Å². The summed E-state index contributed by atoms with van der Waals surface area (Å²) < 4.78 is 29.6. The third-order valence-corrected chi connectivity index (χ3v) is 9.97. The summed E-state index contributed by atoms with van der Waals surface area (Å²) in [6, 6.07) is -1.08. The van der Waals surface area contributed by atoms with Crippen LogP contribution in [0.25, 0.3) is 0 Å². The molecule has 12 atom stereocenters. The van der Waals surface area contributed by atoms with Gasteiger partial charge in [0.2, 0.25) is 0 Å². The number of nitrogens with zero attached hydrogens (tertiary/aromatic N) is 2. The minimum Gasteiger partial charge on any atom is -0.458 e. The van der Waals surface area contributed by atoms with Gasteiger partial charge in [0.1, 0.15) is 30.5 Å². The van der Waals surface area contributed by atoms with Gasteiger partial charge >= 0.3 is 12.1 Å². The molecule has 2 saturated heterocycles. The first-order chi connectivity index (χ1) is 21.9. The number of hydrogen-bond acceptors (Lipinski definition) is 12. The molecule has 0 aromatic carbocycles. The molecule has 2 aliphatic heterocycles. The number of rotatable bonds is 7. The fraction of sp³-hybridized carbons (Fsp3) is 0.824. The second-order valence-corrected chi connectivity index (χ2v) is 13.5. The van der Waals surface area contributed by atoms with Crippen molar-refractivity contribution >= 4 is 23.6 Å². The number of methoxy groups -OCH3 is 1. The number of ether oxygens (including phenoxy) is 5. The smallest absolute Gasteiger partial charge is 0.424 e. The van der Waals surface area contributed by atoms with Crippen LogP contribution in [0.3, 0.4) is 0 Å². The molecule has 2 aliphatic rings. The number of aliphatic hydroxyl groups excluding tert-OH is 1. The van der Waals surface area contributed by atoms with E-state index in [2.05, 4.69) is 5.92 Å². The lowest BCUT2D eigenvalue weighted by Crippen LogP contribution is -2.59. The standard InChI is InChI=1S/C34H57N3O10/c1-12-14-15-36(10)26-16-20(4)45-32(29(26)40)47-30-22(6)28(39)23(7)31(41)46-25(13-2)18-44-33(42)37(35)24(8)21(5)27(38)19(3)17-34(30,9)43-11/h1,19-26,29-30,32,40H,13-18,35H2,2-11H3/t19-,20-,21-,22+,23-,24?,25-,26+,29-,30-,32+,34-/m1/s1. The van der Waals surface area contributed by atoms with Crippen LogP contribution in [0.4, 0.5) is 4.79 Å². The number of esters is 1. The van der Waals surface area contributed by atoms with Crippen LogP contribution < -0.4 is 5.84 Å². The quantitative estimate of drug-likeness (QED) is 0.134. The number of Topliss-reactive ketones (excluding diaryl/α,β-unsaturated/α-hetero) is 2. The van der Waals surface area contributed by atoms with Gasteiger partial charge in [-0.1, -0.05) is 27.7 Å². The minimum atomic E-state index is -1.29. The van der Waals surface area contributed by atoms with Crippen molar-refractivity contribution in [2.75, 3.05) is 27.3 Å². The number of aliphatic hydroxyl groups is 1. The van der Waals surface area contributed by atoms with E-state index in [0.717, 1.165) is 5.01 Å². The molecule has 3 N–H and O–H groups in total. The van der Waals surface area contributed by atoms with Crippen LogP contribution in [0.1, 0.15) is 81.1 Å². The average Bonchev–Trinajstić information content (AvgIpc) is 3.05. The van der Waals surface area contributed by atoms with Crippen molar-refractivity contribution in [1.29, 1.82) is 0 Å². The first kappa shape index (κ1) is 40.6. The van der Waals surface area contributed by atoms with Crippen molar-refractivity contribution < 1.29 is 48.0 Å². The van der Waals surface area contributed by atoms with Gasteiger partial charge in [-0.05, 0) is 54.0 Å². The lowest BCUT2D eigenvalue weighted by Gasteiger charge is -2.47. The Morgan fingerprint density at radius 2 is 1.74 bits per heavy atom. The fourth-order valence-corrected chi connectivity index (χ4v) is 6.44. The van der Waals surface area contributed by atoms with Gasteiger partial charge in [-0.15, -0.1) is 12.3 Å². The van der Waals surface area contributed by atoms with Crippen molar-refractivity contribution in [1.82, 2.24) is 9.91 Å². The Labute approximate surface area is 280 Å². The lowest BCUT2D eigenvalue weighted by atomic mass is 9.76. The van der Waals surface area contributed by atoms with Crippen LogP contribution in [0.5, 0.6) is 0 Å². The molecule has 47 heavy (non-hydrogen) atoms. The van der Waals surface area contributed by atoms with Crippen LogP contribution in [-0.4, -0.2) is 114 Å². The van der Waals surface area contributed by atoms with Gasteiger partial charge in [0.15, 0.2) is 12.1 Å². The molecule has 1 amide bonds. The Morgan fingerprint density at radius 3 is 2.32 bits per heavy atom. The van der Waals surface area contributed by atoms with E-state index in [9.17, 15) is 24.3 Å². The van der Waals surface area contributed by atoms with Gasteiger partial charge in [0.25, 0.3) is 0 Å². The first-order valence-electron chi connectivity index (χ1n) is 16.6. The van der Waals surface area contributed by atoms with Gasteiger partial charge in [0.05, 0.1) is 23.9 Å². The summed E-state index contributed by atoms with van der Waals surface area (Å²) in [6.45, 7) is 13.7. The topological polar surface area (TPSA) is 167 Å². The van der Waals surface area contributed by atoms with Crippen molar-refractivity contribution in [3.63, 3.8) is 0 Å². The molecular formula is C34H57N3O10. The van der Waals surface area contributed by atoms with E-state index >= 15 is 0 Å². The van der Waals surface area contributed by atoms with Crippen LogP contribution >= 0.6 is 0 Å². The number of nitrogens with two attached hydrogens (primary N) is 1. The number of carbonyl (C=O) groups is 4. The molecule has 13 nitrogen and oxygen atoms in total. The molecule has 0 aromatic rings. The molecule has 0 radical (unpaired) electrons. The van der Waals surface area contributed by atoms with Gasteiger partial charge in [0, 0.05) is 43.9 Å². The molecule has 0 aromatic heterocycles. The van der Waals surface area contributed by atoms with Crippen molar-refractivity contribution in [3.05, 3.63) is 0 Å². The lowest BCUT2D eigenvalue weighted by molar-refractivity contribution is -0.296. The third-order valence-electron chi connectivity index (χ3n) is 9.97. The molecule has 0 saturated carbocycles. The van der Waals surface area contributed by atoms with E-state index in [1.165, 1.54) is 14.0 Å². The Hall–Kier alpha value is -2.60. The Balaban J connectivity index is 2.59. The highest BCUT2D eigenvalue weighted by Gasteiger charge is 2.49. The molecule has 1 unspecified atom stereocenters. The van der Waals surface area contributed by atoms with Crippen LogP contribution in [0, 0.1) is 36.0 Å². The number of amides is 1. The summed E-state index contributed by atoms with van der Waals surface area (Å²) in [5, 5.41) is 12.4. The Morgan fingerprint density at radius 1 is 1.11 bits per heavy atom. The monoisotopic (exact) mass is 667 g/mol. The van der Waals surface area contributed by atoms with E-state index in [-0.39, 0.29) is 31.0 Å². The highest BCUT2D eigenvalue weighted by Crippen LogP contribution is 2.37. The zero-order valence-electron chi connectivity index (χ0n) is 29.8. The molecule has 268 valence electrons. The van der Waals surface area contributed by atoms with Gasteiger partial charge in [-0.2, -0.15) is 0 Å². The minimum absolute atomic E-state index is 0.0945. The molecule has 13 heteroatoms. The highest BCUT2D eigenvalue weighted by molar-refractivity contribution is 6.00. The summed E-state index contributed by atoms with van der Waals surface area (Å²) in [5.74, 6) is 3.68. The summed E-state index contributed by atoms with van der Waals surface area (Å²) in [6.07, 6.45) is 1.54. The normalized spacial score (nSPS) is 38.8. The largest absolute Gasteiger partial charge is 0.458 e. The maximum absolute atomic E-state index is 14.0. The first-order valence-corrected chi connectivity index (χ1v) is 16.6. The van der Waals surface area contributed by atoms with Crippen LogP contribution in [-0.2, 0) is 38.1 Å². The van der Waals surface area contributed by atoms with Crippen molar-refractivity contribution in [3.8, 4) is 12.3 Å². The van der Waals surface area contributed by atoms with E-state index in [4.69, 9.17) is 36.0 Å². The predicted molar refractivity (Wildman–Crippen MR) is 173 cm³/mol. The SMILES string of the molecule is C#CCCN(C)[C@H]1C[C@@H](C)O[C@@H](O[C@@H]2[C@@H](C)C(=O)[C@@H](C)C(=O)O[C@H](CC)COC(=O)N(N)C(C)[C@@H](C)C(=O)[C@H](C)C[C@@]2(C)OC)[C@@H]1O. The number of carbonyl (C=O) groups excluding carboxylic acids is 4. The second-order valence-electron chi connectivity index (χ2n) is 13.5. The average molecular weight is 668 g/mol. The van der Waals surface area contributed by atoms with E-state index < -0.39 is 77.8 Å². The van der Waals surface area contributed by atoms with Gasteiger partial charge in [-0.3, -0.25) is 19.3 Å². The zero-order chi connectivity index (χ0) is 35.8. The zero-order valence-corrected chi connectivity index (χ0v) is 29.8. The predicted octanol–water partition coefficient (Wildman–Crippen LogP) is 2.71. The molecule has 2 rings (SSSR count). The van der Waals surface area contributed by atoms with Crippen LogP contribution in [0.2, 0.25) is 0 Å². The molecule has 0 bridgehead atoms. The maximum atomic E-state index is 14.0. The Kier molecular flexibility index (Phi) is 15.3. The fourth-order valence-electron chi connectivity index (χ4n) is 6.44. The number of ketones is 2. The molecule has 2 heterocycles. The molecule has 0 spiro atoms. The number of cyclic esters (lactones) is 2. The summed E-state index contributed by atoms with van der Waals surface area (Å²) in [7, 11) is 3.32. The summed E-state index contributed by atoms with van der Waals surface area (Å²) in [4.78, 5) is 55.7. The van der Waals surface area contributed by atoms with Gasteiger partial charge < -0.3 is 28.8 Å². The number of terminal acetylenes is 1. The van der Waals surface area contributed by atoms with E-state index in [0.29, 0.717) is 25.8 Å². The Bertz CT molecular complexity index is 1130. The van der Waals surface area contributed by atoms with Gasteiger partial charge in [-0.25, -0.2) is 15.6 Å². The number of hydrazine groups is 1. The van der Waals surface area contributed by atoms with Crippen LogP contribution in [0.15, 0.2) is 0 Å². The summed E-state index contributed by atoms with van der Waals surface area (Å²) >= 11 is 0. The van der Waals surface area contributed by atoms with E-state index in [1.807, 2.05) is 18.9 Å².